The summed E-state index contributed by atoms with van der Waals surface area (Å²) in [5.41, 5.74) is -0.485. The van der Waals surface area contributed by atoms with Crippen molar-refractivity contribution in [3.63, 3.8) is 0 Å². The predicted molar refractivity (Wildman–Crippen MR) is 85.1 cm³/mol. The van der Waals surface area contributed by atoms with Gasteiger partial charge >= 0.3 is 6.18 Å². The van der Waals surface area contributed by atoms with Crippen molar-refractivity contribution in [1.29, 1.82) is 0 Å². The minimum absolute atomic E-state index is 0.0372. The van der Waals surface area contributed by atoms with Crippen LogP contribution < -0.4 is 10.5 Å². The van der Waals surface area contributed by atoms with Gasteiger partial charge in [0.15, 0.2) is 0 Å². The lowest BCUT2D eigenvalue weighted by molar-refractivity contribution is -0.137. The average Bonchev–Trinajstić information content (AvgIpc) is 2.54. The van der Waals surface area contributed by atoms with Crippen molar-refractivity contribution in [2.24, 2.45) is 0 Å². The third-order valence-electron chi connectivity index (χ3n) is 4.05. The summed E-state index contributed by atoms with van der Waals surface area (Å²) in [4.78, 5) is 16.5. The van der Waals surface area contributed by atoms with Crippen LogP contribution in [0, 0.1) is 0 Å². The molecule has 1 aromatic heterocycles. The maximum Gasteiger partial charge on any atom is 0.417 e. The number of hydrogen-bond acceptors (Lipinski definition) is 3. The molecule has 2 aromatic rings. The van der Waals surface area contributed by atoms with E-state index in [1.54, 1.807) is 6.07 Å². The number of nitrogens with one attached hydrogen (secondary N) is 1. The maximum absolute atomic E-state index is 13.2. The van der Waals surface area contributed by atoms with E-state index in [1.807, 2.05) is 11.8 Å². The van der Waals surface area contributed by atoms with Gasteiger partial charge in [0.1, 0.15) is 0 Å². The molecule has 2 heterocycles. The van der Waals surface area contributed by atoms with Crippen molar-refractivity contribution >= 4 is 5.69 Å². The smallest absolute Gasteiger partial charge is 0.377 e. The number of hydrogen-bond donors (Lipinski definition) is 1. The zero-order valence-corrected chi connectivity index (χ0v) is 13.1. The van der Waals surface area contributed by atoms with Crippen LogP contribution in [0.2, 0.25) is 0 Å². The Kier molecular flexibility index (Phi) is 4.36. The molecule has 1 aromatic carbocycles. The molecule has 1 saturated heterocycles. The van der Waals surface area contributed by atoms with E-state index in [2.05, 4.69) is 4.98 Å². The van der Waals surface area contributed by atoms with Crippen molar-refractivity contribution in [3.8, 4) is 11.3 Å². The van der Waals surface area contributed by atoms with Gasteiger partial charge < -0.3 is 14.6 Å². The molecule has 0 amide bonds. The standard InChI is InChI=1S/C17H17F3N2O2/c1-11-10-24-7-6-22(11)12-8-15(21-16(23)9-12)13-4-2-3-5-14(13)17(18,19)20/h2-5,8-9,11H,6-7,10H2,1H3,(H,21,23). The fraction of sp³-hybridized carbons (Fsp3) is 0.353. The molecule has 24 heavy (non-hydrogen) atoms. The third kappa shape index (κ3) is 3.31. The molecular formula is C17H17F3N2O2. The van der Waals surface area contributed by atoms with E-state index in [0.717, 1.165) is 6.07 Å². The summed E-state index contributed by atoms with van der Waals surface area (Å²) in [6, 6.07) is 8.27. The minimum atomic E-state index is -4.49. The SMILES string of the molecule is CC1COCCN1c1cc(-c2ccccc2C(F)(F)F)[nH]c(=O)c1. The molecular weight excluding hydrogens is 321 g/mol. The molecule has 3 rings (SSSR count). The lowest BCUT2D eigenvalue weighted by Crippen LogP contribution is -2.44. The first kappa shape index (κ1) is 16.6. The zero-order chi connectivity index (χ0) is 17.3. The van der Waals surface area contributed by atoms with Crippen LogP contribution in [0.5, 0.6) is 0 Å². The molecule has 4 nitrogen and oxygen atoms in total. The number of H-pyrrole nitrogens is 1. The molecule has 1 aliphatic rings. The topological polar surface area (TPSA) is 45.3 Å². The largest absolute Gasteiger partial charge is 0.417 e. The Hall–Kier alpha value is -2.28. The van der Waals surface area contributed by atoms with Gasteiger partial charge in [-0.25, -0.2) is 0 Å². The van der Waals surface area contributed by atoms with Gasteiger partial charge in [-0.3, -0.25) is 4.79 Å². The van der Waals surface area contributed by atoms with E-state index in [0.29, 0.717) is 25.4 Å². The van der Waals surface area contributed by atoms with Crippen molar-refractivity contribution in [2.75, 3.05) is 24.7 Å². The van der Waals surface area contributed by atoms with Gasteiger partial charge in [0.2, 0.25) is 5.56 Å². The number of aromatic amines is 1. The second-order valence-electron chi connectivity index (χ2n) is 5.78. The Morgan fingerprint density at radius 2 is 2.00 bits per heavy atom. The van der Waals surface area contributed by atoms with E-state index in [9.17, 15) is 18.0 Å². The fourth-order valence-corrected chi connectivity index (χ4v) is 2.92. The summed E-state index contributed by atoms with van der Waals surface area (Å²) in [6.45, 7) is 3.57. The lowest BCUT2D eigenvalue weighted by atomic mass is 10.0. The highest BCUT2D eigenvalue weighted by Crippen LogP contribution is 2.36. The Bertz CT molecular complexity index is 786. The lowest BCUT2D eigenvalue weighted by Gasteiger charge is -2.35. The van der Waals surface area contributed by atoms with Crippen LogP contribution in [0.15, 0.2) is 41.2 Å². The van der Waals surface area contributed by atoms with Crippen LogP contribution in [0.4, 0.5) is 18.9 Å². The van der Waals surface area contributed by atoms with E-state index in [4.69, 9.17) is 4.74 Å². The van der Waals surface area contributed by atoms with Gasteiger partial charge in [-0.1, -0.05) is 18.2 Å². The Morgan fingerprint density at radius 1 is 1.25 bits per heavy atom. The van der Waals surface area contributed by atoms with Gasteiger partial charge in [-0.2, -0.15) is 13.2 Å². The summed E-state index contributed by atoms with van der Waals surface area (Å²) in [6.07, 6.45) is -4.49. The van der Waals surface area contributed by atoms with Gasteiger partial charge in [-0.15, -0.1) is 0 Å². The third-order valence-corrected chi connectivity index (χ3v) is 4.05. The molecule has 0 radical (unpaired) electrons. The summed E-state index contributed by atoms with van der Waals surface area (Å²) in [5, 5.41) is 0. The summed E-state index contributed by atoms with van der Waals surface area (Å²) < 4.78 is 45.1. The van der Waals surface area contributed by atoms with Crippen LogP contribution in [0.3, 0.4) is 0 Å². The number of halogens is 3. The minimum Gasteiger partial charge on any atom is -0.377 e. The molecule has 0 aliphatic carbocycles. The Labute approximate surface area is 136 Å². The molecule has 1 aliphatic heterocycles. The second-order valence-corrected chi connectivity index (χ2v) is 5.78. The highest BCUT2D eigenvalue weighted by molar-refractivity contribution is 5.68. The number of anilines is 1. The van der Waals surface area contributed by atoms with E-state index in [-0.39, 0.29) is 17.3 Å². The zero-order valence-electron chi connectivity index (χ0n) is 13.1. The van der Waals surface area contributed by atoms with E-state index < -0.39 is 17.3 Å². The molecule has 1 N–H and O–H groups in total. The normalized spacial score (nSPS) is 18.7. The van der Waals surface area contributed by atoms with Crippen molar-refractivity contribution in [3.05, 3.63) is 52.3 Å². The quantitative estimate of drug-likeness (QED) is 0.914. The van der Waals surface area contributed by atoms with E-state index >= 15 is 0 Å². The van der Waals surface area contributed by atoms with E-state index in [1.165, 1.54) is 24.3 Å². The van der Waals surface area contributed by atoms with Crippen LogP contribution in [-0.2, 0) is 10.9 Å². The number of nitrogens with zero attached hydrogens (tertiary/aromatic N) is 1. The highest BCUT2D eigenvalue weighted by Gasteiger charge is 2.33. The second kappa shape index (κ2) is 6.32. The van der Waals surface area contributed by atoms with Crippen LogP contribution in [0.25, 0.3) is 11.3 Å². The number of rotatable bonds is 2. The first-order chi connectivity index (χ1) is 11.4. The number of alkyl halides is 3. The first-order valence-electron chi connectivity index (χ1n) is 7.61. The average molecular weight is 338 g/mol. The molecule has 7 heteroatoms. The summed E-state index contributed by atoms with van der Waals surface area (Å²) >= 11 is 0. The molecule has 128 valence electrons. The number of benzene rings is 1. The monoisotopic (exact) mass is 338 g/mol. The van der Waals surface area contributed by atoms with Crippen LogP contribution in [0.1, 0.15) is 12.5 Å². The fourth-order valence-electron chi connectivity index (χ4n) is 2.92. The Balaban J connectivity index is 2.09. The van der Waals surface area contributed by atoms with Gasteiger partial charge in [0.05, 0.1) is 24.5 Å². The van der Waals surface area contributed by atoms with Gasteiger partial charge in [0.25, 0.3) is 0 Å². The van der Waals surface area contributed by atoms with Crippen LogP contribution >= 0.6 is 0 Å². The van der Waals surface area contributed by atoms with Crippen molar-refractivity contribution in [1.82, 2.24) is 4.98 Å². The molecule has 0 spiro atoms. The molecule has 0 saturated carbocycles. The van der Waals surface area contributed by atoms with Crippen LogP contribution in [-0.4, -0.2) is 30.8 Å². The molecule has 0 bridgehead atoms. The van der Waals surface area contributed by atoms with Gasteiger partial charge in [-0.05, 0) is 19.1 Å². The maximum atomic E-state index is 13.2. The summed E-state index contributed by atoms with van der Waals surface area (Å²) in [7, 11) is 0. The Morgan fingerprint density at radius 3 is 2.71 bits per heavy atom. The number of morpholine rings is 1. The first-order valence-corrected chi connectivity index (χ1v) is 7.61. The molecule has 1 fully saturated rings. The summed E-state index contributed by atoms with van der Waals surface area (Å²) in [5.74, 6) is 0. The molecule has 1 atom stereocenters. The van der Waals surface area contributed by atoms with Gasteiger partial charge in [0, 0.05) is 29.9 Å². The number of aromatic nitrogens is 1. The van der Waals surface area contributed by atoms with Crippen molar-refractivity contribution < 1.29 is 17.9 Å². The highest BCUT2D eigenvalue weighted by atomic mass is 19.4. The van der Waals surface area contributed by atoms with Crippen molar-refractivity contribution in [2.45, 2.75) is 19.1 Å². The molecule has 1 unspecified atom stereocenters. The predicted octanol–water partition coefficient (Wildman–Crippen LogP) is 3.29. The number of ether oxygens (including phenoxy) is 1. The number of pyridine rings is 1.